The van der Waals surface area contributed by atoms with Gasteiger partial charge in [-0.15, -0.1) is 10.2 Å². The van der Waals surface area contributed by atoms with E-state index in [4.69, 9.17) is 4.74 Å². The second kappa shape index (κ2) is 8.54. The van der Waals surface area contributed by atoms with Gasteiger partial charge >= 0.3 is 0 Å². The van der Waals surface area contributed by atoms with E-state index in [1.54, 1.807) is 0 Å². The van der Waals surface area contributed by atoms with Crippen molar-refractivity contribution in [2.75, 3.05) is 0 Å². The number of aromatic nitrogens is 3. The summed E-state index contributed by atoms with van der Waals surface area (Å²) in [7, 11) is 0. The number of hydrogen-bond acceptors (Lipinski definition) is 3. The third-order valence-corrected chi connectivity index (χ3v) is 5.69. The number of ether oxygens (including phenoxy) is 1. The van der Waals surface area contributed by atoms with Crippen LogP contribution in [0.2, 0.25) is 0 Å². The van der Waals surface area contributed by atoms with Crippen LogP contribution in [0.15, 0.2) is 78.9 Å². The topological polar surface area (TPSA) is 39.9 Å². The van der Waals surface area contributed by atoms with Gasteiger partial charge in [0.25, 0.3) is 0 Å². The predicted octanol–water partition coefficient (Wildman–Crippen LogP) is 5.92. The van der Waals surface area contributed by atoms with Gasteiger partial charge in [-0.1, -0.05) is 79.2 Å². The molecule has 1 aromatic heterocycles. The first-order valence-electron chi connectivity index (χ1n) is 10.7. The Kier molecular flexibility index (Phi) is 5.30. The van der Waals surface area contributed by atoms with Crippen LogP contribution in [0.5, 0.6) is 5.75 Å². The number of rotatable bonds is 5. The number of benzene rings is 3. The molecule has 4 nitrogen and oxygen atoms in total. The Morgan fingerprint density at radius 1 is 0.733 bits per heavy atom. The summed E-state index contributed by atoms with van der Waals surface area (Å²) in [6, 6.07) is 27.1. The largest absolute Gasteiger partial charge is 0.488 e. The molecule has 4 heteroatoms. The summed E-state index contributed by atoms with van der Waals surface area (Å²) in [5.74, 6) is 3.00. The summed E-state index contributed by atoms with van der Waals surface area (Å²) < 4.78 is 8.47. The molecule has 4 aromatic rings. The quantitative estimate of drug-likeness (QED) is 0.421. The molecule has 1 aliphatic rings. The van der Waals surface area contributed by atoms with Crippen molar-refractivity contribution in [2.45, 2.75) is 38.8 Å². The molecule has 0 aliphatic carbocycles. The molecule has 0 spiro atoms. The van der Waals surface area contributed by atoms with Crippen LogP contribution in [0.25, 0.3) is 22.5 Å². The molecule has 5 rings (SSSR count). The summed E-state index contributed by atoms with van der Waals surface area (Å²) in [6.45, 7) is 1.54. The van der Waals surface area contributed by atoms with E-state index in [1.807, 2.05) is 24.3 Å². The molecule has 30 heavy (non-hydrogen) atoms. The van der Waals surface area contributed by atoms with E-state index in [9.17, 15) is 0 Å². The Hall–Kier alpha value is -3.40. The van der Waals surface area contributed by atoms with E-state index >= 15 is 0 Å². The van der Waals surface area contributed by atoms with Gasteiger partial charge < -0.3 is 9.30 Å². The number of hydrogen-bond donors (Lipinski definition) is 0. The van der Waals surface area contributed by atoms with Crippen molar-refractivity contribution < 1.29 is 4.74 Å². The van der Waals surface area contributed by atoms with Gasteiger partial charge in [0.1, 0.15) is 18.2 Å². The van der Waals surface area contributed by atoms with Crippen molar-refractivity contribution in [3.05, 3.63) is 90.3 Å². The minimum absolute atomic E-state index is 0.530. The predicted molar refractivity (Wildman–Crippen MR) is 119 cm³/mol. The van der Waals surface area contributed by atoms with Crippen molar-refractivity contribution in [3.8, 4) is 28.3 Å². The lowest BCUT2D eigenvalue weighted by Crippen LogP contribution is -2.03. The van der Waals surface area contributed by atoms with E-state index in [-0.39, 0.29) is 0 Å². The molecular formula is C26H25N3O. The molecule has 0 amide bonds. The highest BCUT2D eigenvalue weighted by Gasteiger charge is 2.16. The highest BCUT2D eigenvalue weighted by molar-refractivity contribution is 5.70. The van der Waals surface area contributed by atoms with Crippen LogP contribution < -0.4 is 4.74 Å². The number of para-hydroxylation sites is 1. The summed E-state index contributed by atoms with van der Waals surface area (Å²) >= 11 is 0. The second-order valence-corrected chi connectivity index (χ2v) is 7.75. The lowest BCUT2D eigenvalue weighted by Gasteiger charge is -2.12. The molecule has 2 heterocycles. The molecule has 0 saturated carbocycles. The number of fused-ring (bicyclic) bond motifs is 1. The minimum atomic E-state index is 0.530. The Labute approximate surface area is 177 Å². The van der Waals surface area contributed by atoms with E-state index in [0.717, 1.165) is 52.6 Å². The zero-order valence-electron chi connectivity index (χ0n) is 17.0. The molecule has 3 aromatic carbocycles. The van der Waals surface area contributed by atoms with Crippen LogP contribution in [-0.2, 0) is 19.6 Å². The number of nitrogens with zero attached hydrogens (tertiary/aromatic N) is 3. The molecule has 0 N–H and O–H groups in total. The molecular weight excluding hydrogens is 370 g/mol. The van der Waals surface area contributed by atoms with Crippen LogP contribution in [0.3, 0.4) is 0 Å². The molecule has 0 bridgehead atoms. The Bertz CT molecular complexity index is 1120. The maximum atomic E-state index is 6.18. The average Bonchev–Trinajstić information content (AvgIpc) is 3.07. The van der Waals surface area contributed by atoms with Crippen LogP contribution in [-0.4, -0.2) is 14.8 Å². The van der Waals surface area contributed by atoms with Crippen molar-refractivity contribution >= 4 is 0 Å². The lowest BCUT2D eigenvalue weighted by molar-refractivity contribution is 0.307. The maximum Gasteiger partial charge on any atom is 0.163 e. The van der Waals surface area contributed by atoms with E-state index < -0.39 is 0 Å². The molecule has 1 aliphatic heterocycles. The van der Waals surface area contributed by atoms with Crippen molar-refractivity contribution in [1.82, 2.24) is 14.8 Å². The summed E-state index contributed by atoms with van der Waals surface area (Å²) in [5.41, 5.74) is 4.53. The average molecular weight is 396 g/mol. The zero-order valence-corrected chi connectivity index (χ0v) is 17.0. The Morgan fingerprint density at radius 3 is 2.40 bits per heavy atom. The van der Waals surface area contributed by atoms with E-state index in [0.29, 0.717) is 6.61 Å². The van der Waals surface area contributed by atoms with Crippen molar-refractivity contribution in [2.24, 2.45) is 0 Å². The van der Waals surface area contributed by atoms with Crippen LogP contribution in [0.1, 0.15) is 30.7 Å². The first-order valence-corrected chi connectivity index (χ1v) is 10.7. The lowest BCUT2D eigenvalue weighted by atomic mass is 10.0. The molecule has 0 saturated heterocycles. The second-order valence-electron chi connectivity index (χ2n) is 7.75. The number of aryl methyl sites for hydroxylation is 1. The molecule has 0 atom stereocenters. The SMILES string of the molecule is c1ccc(-c2ccccc2OCc2ccc(-c3nnc4n3CCCCC4)cc2)cc1. The molecule has 0 fully saturated rings. The van der Waals surface area contributed by atoms with Gasteiger partial charge in [0.05, 0.1) is 0 Å². The molecule has 150 valence electrons. The van der Waals surface area contributed by atoms with Gasteiger partial charge in [-0.3, -0.25) is 0 Å². The van der Waals surface area contributed by atoms with Gasteiger partial charge in [0, 0.05) is 24.1 Å². The van der Waals surface area contributed by atoms with Crippen LogP contribution in [0.4, 0.5) is 0 Å². The standard InChI is InChI=1S/C26H25N3O/c1-3-9-21(10-4-1)23-11-6-7-12-24(23)30-19-20-14-16-22(17-15-20)26-28-27-25-13-5-2-8-18-29(25)26/h1,3-4,6-7,9-12,14-17H,2,5,8,13,18-19H2. The molecule has 0 unspecified atom stereocenters. The van der Waals surface area contributed by atoms with Gasteiger partial charge in [-0.25, -0.2) is 0 Å². The smallest absolute Gasteiger partial charge is 0.163 e. The van der Waals surface area contributed by atoms with Gasteiger partial charge in [0.2, 0.25) is 0 Å². The van der Waals surface area contributed by atoms with Crippen molar-refractivity contribution in [1.29, 1.82) is 0 Å². The highest BCUT2D eigenvalue weighted by atomic mass is 16.5. The first kappa shape index (κ1) is 18.6. The monoisotopic (exact) mass is 395 g/mol. The normalized spacial score (nSPS) is 13.5. The maximum absolute atomic E-state index is 6.18. The highest BCUT2D eigenvalue weighted by Crippen LogP contribution is 2.30. The summed E-state index contributed by atoms with van der Waals surface area (Å²) in [6.07, 6.45) is 4.70. The third-order valence-electron chi connectivity index (χ3n) is 5.69. The fourth-order valence-corrected chi connectivity index (χ4v) is 4.06. The zero-order chi connectivity index (χ0) is 20.2. The Morgan fingerprint density at radius 2 is 1.53 bits per heavy atom. The van der Waals surface area contributed by atoms with E-state index in [2.05, 4.69) is 69.4 Å². The fraction of sp³-hybridized carbons (Fsp3) is 0.231. The van der Waals surface area contributed by atoms with Crippen molar-refractivity contribution in [3.63, 3.8) is 0 Å². The summed E-state index contributed by atoms with van der Waals surface area (Å²) in [5, 5.41) is 8.88. The van der Waals surface area contributed by atoms with Crippen LogP contribution in [0, 0.1) is 0 Å². The Balaban J connectivity index is 1.32. The van der Waals surface area contributed by atoms with E-state index in [1.165, 1.54) is 19.3 Å². The van der Waals surface area contributed by atoms with Gasteiger partial charge in [-0.2, -0.15) is 0 Å². The van der Waals surface area contributed by atoms with Crippen LogP contribution >= 0.6 is 0 Å². The third kappa shape index (κ3) is 3.86. The molecule has 0 radical (unpaired) electrons. The minimum Gasteiger partial charge on any atom is -0.488 e. The fourth-order valence-electron chi connectivity index (χ4n) is 4.06. The first-order chi connectivity index (χ1) is 14.9. The summed E-state index contributed by atoms with van der Waals surface area (Å²) in [4.78, 5) is 0. The van der Waals surface area contributed by atoms with Gasteiger partial charge in [-0.05, 0) is 30.0 Å². The van der Waals surface area contributed by atoms with Gasteiger partial charge in [0.15, 0.2) is 5.82 Å².